The zero-order chi connectivity index (χ0) is 24.4. The van der Waals surface area contributed by atoms with Crippen LogP contribution >= 0.6 is 11.6 Å². The molecule has 1 aromatic heterocycles. The van der Waals surface area contributed by atoms with Crippen LogP contribution in [0, 0.1) is 13.8 Å². The van der Waals surface area contributed by atoms with Gasteiger partial charge in [0, 0.05) is 36.1 Å². The average Bonchev–Trinajstić information content (AvgIpc) is 3.42. The lowest BCUT2D eigenvalue weighted by Gasteiger charge is -2.17. The molecule has 4 aromatic rings. The number of ether oxygens (including phenoxy) is 1. The number of nitrogens with zero attached hydrogens (tertiary/aromatic N) is 3. The maximum absolute atomic E-state index is 12.9. The zero-order valence-corrected chi connectivity index (χ0v) is 21.0. The van der Waals surface area contributed by atoms with Gasteiger partial charge < -0.3 is 14.2 Å². The monoisotopic (exact) mass is 487 g/mol. The second kappa shape index (κ2) is 10.1. The summed E-state index contributed by atoms with van der Waals surface area (Å²) in [6.45, 7) is 6.36. The lowest BCUT2D eigenvalue weighted by atomic mass is 10.1. The van der Waals surface area contributed by atoms with Gasteiger partial charge in [-0.05, 0) is 86.3 Å². The Morgan fingerprint density at radius 2 is 1.80 bits per heavy atom. The first kappa shape index (κ1) is 23.4. The molecule has 5 nitrogen and oxygen atoms in total. The summed E-state index contributed by atoms with van der Waals surface area (Å²) in [6.07, 6.45) is 2.38. The maximum Gasteiger partial charge on any atom is 0.227 e. The number of unbranched alkanes of at least 4 members (excludes halogenated alkanes) is 1. The fraction of sp³-hybridized carbons (Fsp3) is 0.310. The molecule has 35 heavy (non-hydrogen) atoms. The van der Waals surface area contributed by atoms with Crippen molar-refractivity contribution in [3.63, 3.8) is 0 Å². The Balaban J connectivity index is 1.28. The lowest BCUT2D eigenvalue weighted by molar-refractivity contribution is -0.117. The van der Waals surface area contributed by atoms with E-state index in [1.54, 1.807) is 0 Å². The van der Waals surface area contributed by atoms with Crippen LogP contribution in [0.5, 0.6) is 5.75 Å². The average molecular weight is 488 g/mol. The number of carbonyl (C=O) groups is 1. The van der Waals surface area contributed by atoms with E-state index in [-0.39, 0.29) is 11.8 Å². The van der Waals surface area contributed by atoms with E-state index in [4.69, 9.17) is 21.3 Å². The third-order valence-electron chi connectivity index (χ3n) is 6.84. The summed E-state index contributed by atoms with van der Waals surface area (Å²) >= 11 is 6.04. The SMILES string of the molecule is Cc1ccc(OCCCCn2c(C3CC(=O)N(c4ccc(Cl)cc4)C3)nc3ccccc32)cc1C. The fourth-order valence-electron chi connectivity index (χ4n) is 4.76. The number of halogens is 1. The molecule has 2 heterocycles. The molecule has 1 fully saturated rings. The second-order valence-electron chi connectivity index (χ2n) is 9.29. The number of fused-ring (bicyclic) bond motifs is 1. The van der Waals surface area contributed by atoms with Gasteiger partial charge in [-0.1, -0.05) is 29.8 Å². The molecular weight excluding hydrogens is 458 g/mol. The van der Waals surface area contributed by atoms with E-state index in [1.807, 2.05) is 53.4 Å². The first-order chi connectivity index (χ1) is 17.0. The van der Waals surface area contributed by atoms with Crippen LogP contribution < -0.4 is 9.64 Å². The van der Waals surface area contributed by atoms with E-state index in [0.717, 1.165) is 47.7 Å². The number of benzene rings is 3. The van der Waals surface area contributed by atoms with E-state index in [2.05, 4.69) is 36.6 Å². The quantitative estimate of drug-likeness (QED) is 0.260. The summed E-state index contributed by atoms with van der Waals surface area (Å²) in [5, 5.41) is 0.667. The number of para-hydroxylation sites is 2. The van der Waals surface area contributed by atoms with E-state index in [1.165, 1.54) is 11.1 Å². The van der Waals surface area contributed by atoms with E-state index in [9.17, 15) is 4.79 Å². The largest absolute Gasteiger partial charge is 0.494 e. The molecule has 0 radical (unpaired) electrons. The van der Waals surface area contributed by atoms with Crippen molar-refractivity contribution in [2.45, 2.75) is 45.6 Å². The molecule has 1 aliphatic heterocycles. The first-order valence-electron chi connectivity index (χ1n) is 12.2. The lowest BCUT2D eigenvalue weighted by Crippen LogP contribution is -2.24. The Labute approximate surface area is 211 Å². The van der Waals surface area contributed by atoms with Gasteiger partial charge in [-0.3, -0.25) is 4.79 Å². The molecule has 6 heteroatoms. The van der Waals surface area contributed by atoms with Crippen LogP contribution in [0.4, 0.5) is 5.69 Å². The molecular formula is C29H30ClN3O2. The highest BCUT2D eigenvalue weighted by molar-refractivity contribution is 6.30. The molecule has 1 atom stereocenters. The number of rotatable bonds is 8. The van der Waals surface area contributed by atoms with Crippen molar-refractivity contribution in [1.82, 2.24) is 9.55 Å². The van der Waals surface area contributed by atoms with Crippen LogP contribution in [0.2, 0.25) is 5.02 Å². The maximum atomic E-state index is 12.9. The molecule has 1 amide bonds. The Morgan fingerprint density at radius 1 is 1.00 bits per heavy atom. The van der Waals surface area contributed by atoms with Crippen molar-refractivity contribution >= 4 is 34.2 Å². The number of aromatic nitrogens is 2. The third kappa shape index (κ3) is 5.06. The van der Waals surface area contributed by atoms with E-state index >= 15 is 0 Å². The van der Waals surface area contributed by atoms with Gasteiger partial charge in [0.15, 0.2) is 0 Å². The molecule has 1 unspecified atom stereocenters. The molecule has 3 aromatic carbocycles. The molecule has 0 aliphatic carbocycles. The second-order valence-corrected chi connectivity index (χ2v) is 9.73. The normalized spacial score (nSPS) is 15.8. The summed E-state index contributed by atoms with van der Waals surface area (Å²) in [5.41, 5.74) is 5.50. The van der Waals surface area contributed by atoms with Crippen LogP contribution in [-0.4, -0.2) is 28.6 Å². The number of hydrogen-bond donors (Lipinski definition) is 0. The number of imidazole rings is 1. The van der Waals surface area contributed by atoms with Crippen molar-refractivity contribution in [1.29, 1.82) is 0 Å². The van der Waals surface area contributed by atoms with Crippen LogP contribution in [0.15, 0.2) is 66.7 Å². The number of aryl methyl sites for hydroxylation is 3. The number of carbonyl (C=O) groups excluding carboxylic acids is 1. The van der Waals surface area contributed by atoms with Gasteiger partial charge in [0.2, 0.25) is 5.91 Å². The summed E-state index contributed by atoms with van der Waals surface area (Å²) in [4.78, 5) is 19.7. The van der Waals surface area contributed by atoms with Gasteiger partial charge in [-0.2, -0.15) is 0 Å². The highest BCUT2D eigenvalue weighted by Gasteiger charge is 2.34. The highest BCUT2D eigenvalue weighted by atomic mass is 35.5. The molecule has 0 N–H and O–H groups in total. The van der Waals surface area contributed by atoms with Crippen molar-refractivity contribution < 1.29 is 9.53 Å². The molecule has 180 valence electrons. The van der Waals surface area contributed by atoms with Crippen molar-refractivity contribution in [2.24, 2.45) is 0 Å². The minimum Gasteiger partial charge on any atom is -0.494 e. The molecule has 0 bridgehead atoms. The van der Waals surface area contributed by atoms with Gasteiger partial charge in [0.05, 0.1) is 17.6 Å². The van der Waals surface area contributed by atoms with Gasteiger partial charge in [0.1, 0.15) is 11.6 Å². The van der Waals surface area contributed by atoms with Crippen LogP contribution in [-0.2, 0) is 11.3 Å². The molecule has 0 spiro atoms. The van der Waals surface area contributed by atoms with Crippen LogP contribution in [0.3, 0.4) is 0 Å². The summed E-state index contributed by atoms with van der Waals surface area (Å²) < 4.78 is 8.28. The van der Waals surface area contributed by atoms with Gasteiger partial charge in [0.25, 0.3) is 0 Å². The predicted octanol–water partition coefficient (Wildman–Crippen LogP) is 6.69. The zero-order valence-electron chi connectivity index (χ0n) is 20.2. The first-order valence-corrected chi connectivity index (χ1v) is 12.6. The molecule has 1 aliphatic rings. The minimum atomic E-state index is 0.0531. The number of amides is 1. The molecule has 1 saturated heterocycles. The summed E-state index contributed by atoms with van der Waals surface area (Å²) in [7, 11) is 0. The molecule has 0 saturated carbocycles. The minimum absolute atomic E-state index is 0.0531. The Kier molecular flexibility index (Phi) is 6.78. The summed E-state index contributed by atoms with van der Waals surface area (Å²) in [5.74, 6) is 2.09. The third-order valence-corrected chi connectivity index (χ3v) is 7.09. The van der Waals surface area contributed by atoms with Crippen molar-refractivity contribution in [2.75, 3.05) is 18.1 Å². The van der Waals surface area contributed by atoms with Crippen molar-refractivity contribution in [3.05, 3.63) is 88.7 Å². The smallest absolute Gasteiger partial charge is 0.227 e. The fourth-order valence-corrected chi connectivity index (χ4v) is 4.88. The Bertz CT molecular complexity index is 1350. The van der Waals surface area contributed by atoms with Gasteiger partial charge in [-0.25, -0.2) is 4.98 Å². The van der Waals surface area contributed by atoms with Gasteiger partial charge >= 0.3 is 0 Å². The number of hydrogen-bond acceptors (Lipinski definition) is 3. The van der Waals surface area contributed by atoms with Crippen LogP contribution in [0.1, 0.15) is 42.1 Å². The van der Waals surface area contributed by atoms with Crippen LogP contribution in [0.25, 0.3) is 11.0 Å². The standard InChI is InChI=1S/C29H30ClN3O2/c1-20-9-14-25(17-21(20)2)35-16-6-5-15-32-27-8-4-3-7-26(27)31-29(32)22-18-28(34)33(19-22)24-12-10-23(30)11-13-24/h3-4,7-14,17,22H,5-6,15-16,18-19H2,1-2H3. The topological polar surface area (TPSA) is 47.4 Å². The number of anilines is 1. The summed E-state index contributed by atoms with van der Waals surface area (Å²) in [6, 6.07) is 21.9. The predicted molar refractivity (Wildman–Crippen MR) is 142 cm³/mol. The highest BCUT2D eigenvalue weighted by Crippen LogP contribution is 2.33. The Hall–Kier alpha value is -3.31. The van der Waals surface area contributed by atoms with E-state index < -0.39 is 0 Å². The Morgan fingerprint density at radius 3 is 2.60 bits per heavy atom. The van der Waals surface area contributed by atoms with Gasteiger partial charge in [-0.15, -0.1) is 0 Å². The molecule has 5 rings (SSSR count). The van der Waals surface area contributed by atoms with Crippen molar-refractivity contribution in [3.8, 4) is 5.75 Å². The van der Waals surface area contributed by atoms with E-state index in [0.29, 0.717) is 24.6 Å².